The molecule has 0 amide bonds. The molecule has 0 radical (unpaired) electrons. The van der Waals surface area contributed by atoms with Gasteiger partial charge in [0, 0.05) is 7.11 Å². The van der Waals surface area contributed by atoms with Crippen molar-refractivity contribution in [3.05, 3.63) is 35.4 Å². The fourth-order valence-corrected chi connectivity index (χ4v) is 3.00. The lowest BCUT2D eigenvalue weighted by Crippen LogP contribution is -2.21. The maximum Gasteiger partial charge on any atom is 0.0570 e. The molecule has 3 unspecified atom stereocenters. The van der Waals surface area contributed by atoms with Gasteiger partial charge in [0.15, 0.2) is 0 Å². The van der Waals surface area contributed by atoms with Crippen molar-refractivity contribution >= 4 is 0 Å². The minimum Gasteiger partial charge on any atom is -0.393 e. The molecule has 0 spiro atoms. The Hall–Kier alpha value is -0.860. The van der Waals surface area contributed by atoms with Gasteiger partial charge in [-0.15, -0.1) is 0 Å². The van der Waals surface area contributed by atoms with E-state index in [1.807, 2.05) is 6.92 Å². The van der Waals surface area contributed by atoms with Crippen molar-refractivity contribution in [2.75, 3.05) is 7.11 Å². The van der Waals surface area contributed by atoms with Crippen LogP contribution in [0.25, 0.3) is 0 Å². The second-order valence-corrected chi connectivity index (χ2v) is 5.46. The van der Waals surface area contributed by atoms with E-state index in [9.17, 15) is 5.11 Å². The highest BCUT2D eigenvalue weighted by atomic mass is 16.5. The smallest absolute Gasteiger partial charge is 0.0570 e. The van der Waals surface area contributed by atoms with Crippen LogP contribution in [0.1, 0.15) is 49.7 Å². The van der Waals surface area contributed by atoms with Crippen LogP contribution in [0.2, 0.25) is 0 Å². The summed E-state index contributed by atoms with van der Waals surface area (Å²) in [4.78, 5) is 0. The lowest BCUT2D eigenvalue weighted by molar-refractivity contribution is 0.0491. The van der Waals surface area contributed by atoms with Gasteiger partial charge in [-0.05, 0) is 56.1 Å². The van der Waals surface area contributed by atoms with E-state index in [1.54, 1.807) is 7.11 Å². The van der Waals surface area contributed by atoms with Gasteiger partial charge in [-0.1, -0.05) is 24.3 Å². The lowest BCUT2D eigenvalue weighted by atomic mass is 9.79. The van der Waals surface area contributed by atoms with E-state index in [0.29, 0.717) is 5.92 Å². The molecule has 0 saturated heterocycles. The predicted octanol–water partition coefficient (Wildman–Crippen LogP) is 3.28. The maximum atomic E-state index is 10.1. The molecule has 3 atom stereocenters. The molecule has 1 N–H and O–H groups in total. The van der Waals surface area contributed by atoms with E-state index in [-0.39, 0.29) is 12.2 Å². The van der Waals surface area contributed by atoms with Crippen LogP contribution >= 0.6 is 0 Å². The Kier molecular flexibility index (Phi) is 4.79. The Morgan fingerprint density at radius 2 is 2.17 bits per heavy atom. The van der Waals surface area contributed by atoms with Crippen LogP contribution in [-0.2, 0) is 11.2 Å². The first-order valence-electron chi connectivity index (χ1n) is 6.99. The van der Waals surface area contributed by atoms with Gasteiger partial charge in [0.05, 0.1) is 12.2 Å². The molecule has 0 aromatic heterocycles. The van der Waals surface area contributed by atoms with Crippen LogP contribution in [0.3, 0.4) is 0 Å². The standard InChI is InChI=1S/C16H24O2/c1-12(18-2)10-15(17)11-14-8-5-7-13-6-3-4-9-16(13)14/h3-4,6,9,12,14-15,17H,5,7-8,10-11H2,1-2H3. The normalized spacial score (nSPS) is 22.3. The second-order valence-electron chi connectivity index (χ2n) is 5.46. The second kappa shape index (κ2) is 6.35. The van der Waals surface area contributed by atoms with Gasteiger partial charge in [-0.3, -0.25) is 0 Å². The zero-order chi connectivity index (χ0) is 13.0. The van der Waals surface area contributed by atoms with Crippen LogP contribution in [0.5, 0.6) is 0 Å². The van der Waals surface area contributed by atoms with Crippen LogP contribution in [0, 0.1) is 0 Å². The minimum absolute atomic E-state index is 0.138. The van der Waals surface area contributed by atoms with Gasteiger partial charge in [0.2, 0.25) is 0 Å². The molecular formula is C16H24O2. The first kappa shape index (κ1) is 13.6. The van der Waals surface area contributed by atoms with Gasteiger partial charge in [-0.25, -0.2) is 0 Å². The summed E-state index contributed by atoms with van der Waals surface area (Å²) >= 11 is 0. The Labute approximate surface area is 110 Å². The third kappa shape index (κ3) is 3.33. The minimum atomic E-state index is -0.254. The van der Waals surface area contributed by atoms with Crippen molar-refractivity contribution in [3.8, 4) is 0 Å². The molecule has 0 fully saturated rings. The molecule has 2 rings (SSSR count). The number of aryl methyl sites for hydroxylation is 1. The average Bonchev–Trinajstić information content (AvgIpc) is 2.39. The number of aliphatic hydroxyl groups excluding tert-OH is 1. The average molecular weight is 248 g/mol. The number of hydrogen-bond donors (Lipinski definition) is 1. The molecule has 1 aromatic carbocycles. The fraction of sp³-hybridized carbons (Fsp3) is 0.625. The summed E-state index contributed by atoms with van der Waals surface area (Å²) in [6, 6.07) is 8.68. The van der Waals surface area contributed by atoms with Crippen LogP contribution in [-0.4, -0.2) is 24.4 Å². The summed E-state index contributed by atoms with van der Waals surface area (Å²) in [7, 11) is 1.70. The van der Waals surface area contributed by atoms with E-state index in [0.717, 1.165) is 12.8 Å². The molecule has 2 nitrogen and oxygen atoms in total. The van der Waals surface area contributed by atoms with E-state index in [1.165, 1.54) is 30.4 Å². The molecule has 1 aliphatic carbocycles. The van der Waals surface area contributed by atoms with Crippen LogP contribution in [0.4, 0.5) is 0 Å². The highest BCUT2D eigenvalue weighted by Crippen LogP contribution is 2.35. The Morgan fingerprint density at radius 1 is 1.39 bits per heavy atom. The summed E-state index contributed by atoms with van der Waals surface area (Å²) in [5.41, 5.74) is 2.92. The van der Waals surface area contributed by atoms with E-state index >= 15 is 0 Å². The first-order valence-corrected chi connectivity index (χ1v) is 6.99. The zero-order valence-electron chi connectivity index (χ0n) is 11.4. The van der Waals surface area contributed by atoms with Gasteiger partial charge < -0.3 is 9.84 Å². The molecule has 0 saturated carbocycles. The summed E-state index contributed by atoms with van der Waals surface area (Å²) in [5.74, 6) is 0.522. The summed E-state index contributed by atoms with van der Waals surface area (Å²) in [6.07, 6.45) is 5.12. The SMILES string of the molecule is COC(C)CC(O)CC1CCCc2ccccc21. The largest absolute Gasteiger partial charge is 0.393 e. The first-order chi connectivity index (χ1) is 8.70. The third-order valence-corrected chi connectivity index (χ3v) is 4.06. The fourth-order valence-electron chi connectivity index (χ4n) is 3.00. The third-order valence-electron chi connectivity index (χ3n) is 4.06. The van der Waals surface area contributed by atoms with Crippen molar-refractivity contribution in [2.45, 2.75) is 57.2 Å². The summed E-state index contributed by atoms with van der Waals surface area (Å²) in [6.45, 7) is 2.01. The van der Waals surface area contributed by atoms with Crippen molar-refractivity contribution in [1.82, 2.24) is 0 Å². The zero-order valence-corrected chi connectivity index (χ0v) is 11.4. The molecule has 100 valence electrons. The topological polar surface area (TPSA) is 29.5 Å². The summed E-state index contributed by atoms with van der Waals surface area (Å²) in [5, 5.41) is 10.1. The maximum absolute atomic E-state index is 10.1. The number of benzene rings is 1. The number of ether oxygens (including phenoxy) is 1. The molecule has 0 aliphatic heterocycles. The highest BCUT2D eigenvalue weighted by Gasteiger charge is 2.23. The van der Waals surface area contributed by atoms with Crippen LogP contribution in [0.15, 0.2) is 24.3 Å². The van der Waals surface area contributed by atoms with E-state index in [4.69, 9.17) is 4.74 Å². The number of hydrogen-bond acceptors (Lipinski definition) is 2. The van der Waals surface area contributed by atoms with Crippen LogP contribution < -0.4 is 0 Å². The van der Waals surface area contributed by atoms with E-state index < -0.39 is 0 Å². The monoisotopic (exact) mass is 248 g/mol. The molecule has 18 heavy (non-hydrogen) atoms. The van der Waals surface area contributed by atoms with Crippen molar-refractivity contribution in [2.24, 2.45) is 0 Å². The predicted molar refractivity (Wildman–Crippen MR) is 73.8 cm³/mol. The van der Waals surface area contributed by atoms with Crippen molar-refractivity contribution in [1.29, 1.82) is 0 Å². The lowest BCUT2D eigenvalue weighted by Gasteiger charge is -2.28. The quantitative estimate of drug-likeness (QED) is 0.866. The number of aliphatic hydroxyl groups is 1. The van der Waals surface area contributed by atoms with Gasteiger partial charge in [0.1, 0.15) is 0 Å². The molecule has 1 aliphatic rings. The van der Waals surface area contributed by atoms with Crippen molar-refractivity contribution in [3.63, 3.8) is 0 Å². The Morgan fingerprint density at radius 3 is 2.94 bits per heavy atom. The highest BCUT2D eigenvalue weighted by molar-refractivity contribution is 5.32. The number of fused-ring (bicyclic) bond motifs is 1. The molecule has 2 heteroatoms. The molecule has 0 bridgehead atoms. The van der Waals surface area contributed by atoms with Crippen molar-refractivity contribution < 1.29 is 9.84 Å². The van der Waals surface area contributed by atoms with Gasteiger partial charge >= 0.3 is 0 Å². The molecular weight excluding hydrogens is 224 g/mol. The Balaban J connectivity index is 1.98. The van der Waals surface area contributed by atoms with Gasteiger partial charge in [-0.2, -0.15) is 0 Å². The van der Waals surface area contributed by atoms with E-state index in [2.05, 4.69) is 24.3 Å². The summed E-state index contributed by atoms with van der Waals surface area (Å²) < 4.78 is 5.22. The molecule has 1 aromatic rings. The van der Waals surface area contributed by atoms with Gasteiger partial charge in [0.25, 0.3) is 0 Å². The number of rotatable bonds is 5. The number of methoxy groups -OCH3 is 1. The Bertz CT molecular complexity index is 375. The molecule has 0 heterocycles.